The molecule has 26 heavy (non-hydrogen) atoms. The lowest BCUT2D eigenvalue weighted by molar-refractivity contribution is -0.677. The van der Waals surface area contributed by atoms with Crippen LogP contribution in [-0.4, -0.2) is 39.2 Å². The van der Waals surface area contributed by atoms with Gasteiger partial charge in [0.05, 0.1) is 45.0 Å². The molecule has 2 aliphatic heterocycles. The fourth-order valence-electron chi connectivity index (χ4n) is 4.97. The van der Waals surface area contributed by atoms with Gasteiger partial charge in [-0.15, -0.1) is 0 Å². The first-order valence-corrected chi connectivity index (χ1v) is 8.18. The maximum absolute atomic E-state index is 10.3. The van der Waals surface area contributed by atoms with Gasteiger partial charge in [0.15, 0.2) is 10.8 Å². The van der Waals surface area contributed by atoms with Crippen LogP contribution in [0.2, 0.25) is 0 Å². The van der Waals surface area contributed by atoms with Gasteiger partial charge in [-0.2, -0.15) is 10.5 Å². The number of nitrogens with one attached hydrogen (secondary N) is 1. The standard InChI is InChI=1S/C18H18N4O4/c1-15(12-8-11(23-2)4-5-13(12)24-3)16(9-19)14(21)22-18(17(15,16)10-20)25-6-7-26-18/h4-5,8H,6-7H2,1-3H3,(H2,21,22)/p+1/t15-,16-,17+/m0/s1. The molecule has 1 aromatic carbocycles. The number of nitrogens with zero attached hydrogens (tertiary/aromatic N) is 2. The molecule has 1 aromatic rings. The van der Waals surface area contributed by atoms with Crippen LogP contribution in [0.4, 0.5) is 0 Å². The van der Waals surface area contributed by atoms with E-state index in [1.54, 1.807) is 25.3 Å². The molecule has 3 aliphatic rings. The molecule has 1 spiro atoms. The van der Waals surface area contributed by atoms with Crippen LogP contribution in [0.25, 0.3) is 0 Å². The number of amidine groups is 1. The first kappa shape index (κ1) is 16.6. The molecule has 0 bridgehead atoms. The van der Waals surface area contributed by atoms with Crippen LogP contribution in [-0.2, 0) is 14.9 Å². The Hall–Kier alpha value is -2.81. The molecule has 0 unspecified atom stereocenters. The van der Waals surface area contributed by atoms with E-state index in [0.29, 0.717) is 30.3 Å². The van der Waals surface area contributed by atoms with E-state index in [1.165, 1.54) is 7.11 Å². The van der Waals surface area contributed by atoms with E-state index < -0.39 is 22.2 Å². The molecule has 0 aromatic heterocycles. The van der Waals surface area contributed by atoms with Crippen molar-refractivity contribution in [1.29, 1.82) is 10.5 Å². The predicted molar refractivity (Wildman–Crippen MR) is 87.8 cm³/mol. The Kier molecular flexibility index (Phi) is 3.12. The van der Waals surface area contributed by atoms with Gasteiger partial charge in [-0.3, -0.25) is 5.73 Å². The lowest BCUT2D eigenvalue weighted by Gasteiger charge is -2.28. The van der Waals surface area contributed by atoms with E-state index in [-0.39, 0.29) is 5.84 Å². The Morgan fingerprint density at radius 3 is 2.38 bits per heavy atom. The zero-order chi connectivity index (χ0) is 18.8. The molecule has 1 aliphatic carbocycles. The third-order valence-electron chi connectivity index (χ3n) is 6.17. The Balaban J connectivity index is 2.03. The Bertz CT molecular complexity index is 911. The molecule has 2 heterocycles. The molecule has 0 amide bonds. The summed E-state index contributed by atoms with van der Waals surface area (Å²) in [6, 6.07) is 9.87. The number of benzene rings is 1. The molecule has 4 rings (SSSR count). The van der Waals surface area contributed by atoms with Gasteiger partial charge in [-0.05, 0) is 18.2 Å². The van der Waals surface area contributed by atoms with E-state index in [0.717, 1.165) is 0 Å². The topological polar surface area (TPSA) is 124 Å². The molecule has 0 radical (unpaired) electrons. The van der Waals surface area contributed by atoms with Crippen LogP contribution in [0.5, 0.6) is 11.5 Å². The molecular weight excluding hydrogens is 336 g/mol. The zero-order valence-corrected chi connectivity index (χ0v) is 14.8. The van der Waals surface area contributed by atoms with Crippen molar-refractivity contribution < 1.29 is 23.9 Å². The van der Waals surface area contributed by atoms with Crippen LogP contribution in [0.3, 0.4) is 0 Å². The molecule has 1 saturated heterocycles. The van der Waals surface area contributed by atoms with E-state index in [9.17, 15) is 10.5 Å². The largest absolute Gasteiger partial charge is 0.497 e. The van der Waals surface area contributed by atoms with Crippen LogP contribution < -0.4 is 20.2 Å². The molecule has 3 atom stereocenters. The van der Waals surface area contributed by atoms with E-state index in [1.807, 2.05) is 6.92 Å². The molecule has 1 saturated carbocycles. The summed E-state index contributed by atoms with van der Waals surface area (Å²) in [6.07, 6.45) is 0. The predicted octanol–water partition coefficient (Wildman–Crippen LogP) is -0.853. The van der Waals surface area contributed by atoms with Crippen molar-refractivity contribution >= 4 is 5.84 Å². The number of nitriles is 2. The van der Waals surface area contributed by atoms with Gasteiger partial charge < -0.3 is 18.9 Å². The second-order valence-electron chi connectivity index (χ2n) is 6.77. The normalized spacial score (nSPS) is 36.0. The van der Waals surface area contributed by atoms with Crippen LogP contribution in [0.15, 0.2) is 18.2 Å². The van der Waals surface area contributed by atoms with E-state index in [2.05, 4.69) is 17.1 Å². The lowest BCUT2D eigenvalue weighted by Crippen LogP contribution is -2.90. The highest BCUT2D eigenvalue weighted by Crippen LogP contribution is 2.83. The molecular formula is C18H19N4O4+. The number of rotatable bonds is 3. The second kappa shape index (κ2) is 4.88. The van der Waals surface area contributed by atoms with Crippen molar-refractivity contribution in [2.45, 2.75) is 18.2 Å². The van der Waals surface area contributed by atoms with Crippen LogP contribution >= 0.6 is 0 Å². The SMILES string of the molecule is COc1ccc(OC)c([C@@]2(C)[C@]3(C#N)C(N)=[NH+]C4(OCCO4)[C@@]32C#N)c1. The minimum atomic E-state index is -1.47. The third-order valence-corrected chi connectivity index (χ3v) is 6.17. The van der Waals surface area contributed by atoms with Gasteiger partial charge in [0.2, 0.25) is 0 Å². The number of hydrogen-bond acceptors (Lipinski definition) is 7. The lowest BCUT2D eigenvalue weighted by atomic mass is 9.84. The van der Waals surface area contributed by atoms with Crippen molar-refractivity contribution in [3.8, 4) is 23.6 Å². The minimum Gasteiger partial charge on any atom is -0.497 e. The third kappa shape index (κ3) is 1.34. The first-order chi connectivity index (χ1) is 12.4. The maximum Gasteiger partial charge on any atom is 0.343 e. The highest BCUT2D eigenvalue weighted by Gasteiger charge is 3.03. The van der Waals surface area contributed by atoms with Gasteiger partial charge >= 0.3 is 5.91 Å². The van der Waals surface area contributed by atoms with Crippen molar-refractivity contribution in [2.24, 2.45) is 16.6 Å². The molecule has 3 N–H and O–H groups in total. The van der Waals surface area contributed by atoms with Crippen molar-refractivity contribution in [1.82, 2.24) is 0 Å². The summed E-state index contributed by atoms with van der Waals surface area (Å²) < 4.78 is 22.5. The van der Waals surface area contributed by atoms with E-state index >= 15 is 0 Å². The molecule has 2 fully saturated rings. The highest BCUT2D eigenvalue weighted by atomic mass is 16.8. The van der Waals surface area contributed by atoms with Gasteiger partial charge in [-0.25, -0.2) is 4.99 Å². The number of methoxy groups -OCH3 is 2. The van der Waals surface area contributed by atoms with Gasteiger partial charge in [0.1, 0.15) is 11.5 Å². The number of nitrogens with two attached hydrogens (primary N) is 1. The number of ether oxygens (including phenoxy) is 4. The van der Waals surface area contributed by atoms with E-state index in [4.69, 9.17) is 24.7 Å². The summed E-state index contributed by atoms with van der Waals surface area (Å²) in [5.74, 6) is -0.185. The average Bonchev–Trinajstić information content (AvgIpc) is 2.94. The van der Waals surface area contributed by atoms with Crippen LogP contribution in [0.1, 0.15) is 12.5 Å². The monoisotopic (exact) mass is 355 g/mol. The summed E-state index contributed by atoms with van der Waals surface area (Å²) in [5, 5.41) is 20.4. The van der Waals surface area contributed by atoms with Gasteiger partial charge in [-0.1, -0.05) is 6.92 Å². The fraction of sp³-hybridized carbons (Fsp3) is 0.500. The minimum absolute atomic E-state index is 0.163. The highest BCUT2D eigenvalue weighted by molar-refractivity contribution is 5.97. The van der Waals surface area contributed by atoms with Crippen molar-refractivity contribution in [3.63, 3.8) is 0 Å². The summed E-state index contributed by atoms with van der Waals surface area (Å²) >= 11 is 0. The summed E-state index contributed by atoms with van der Waals surface area (Å²) in [5.41, 5.74) is 3.17. The van der Waals surface area contributed by atoms with Crippen molar-refractivity contribution in [3.05, 3.63) is 23.8 Å². The molecule has 8 nitrogen and oxygen atoms in total. The smallest absolute Gasteiger partial charge is 0.343 e. The summed E-state index contributed by atoms with van der Waals surface area (Å²) in [7, 11) is 3.09. The summed E-state index contributed by atoms with van der Waals surface area (Å²) in [4.78, 5) is 2.94. The van der Waals surface area contributed by atoms with Gasteiger partial charge in [0.25, 0.3) is 5.84 Å². The number of fused-ring (bicyclic) bond motifs is 2. The fourth-order valence-corrected chi connectivity index (χ4v) is 4.97. The summed E-state index contributed by atoms with van der Waals surface area (Å²) in [6.45, 7) is 2.42. The number of hydrogen-bond donors (Lipinski definition) is 2. The molecule has 134 valence electrons. The first-order valence-electron chi connectivity index (χ1n) is 8.18. The van der Waals surface area contributed by atoms with Crippen molar-refractivity contribution in [2.75, 3.05) is 27.4 Å². The Morgan fingerprint density at radius 1 is 1.15 bits per heavy atom. The van der Waals surface area contributed by atoms with Gasteiger partial charge in [0, 0.05) is 5.56 Å². The quantitative estimate of drug-likeness (QED) is 0.723. The maximum atomic E-state index is 10.3. The Morgan fingerprint density at radius 2 is 1.85 bits per heavy atom. The Labute approximate surface area is 150 Å². The zero-order valence-electron chi connectivity index (χ0n) is 14.8. The molecule has 8 heteroatoms. The average molecular weight is 355 g/mol. The van der Waals surface area contributed by atoms with Crippen LogP contribution in [0, 0.1) is 33.5 Å². The second-order valence-corrected chi connectivity index (χ2v) is 6.77.